The Morgan fingerprint density at radius 1 is 0.960 bits per heavy atom. The molecule has 1 nitrogen and oxygen atoms in total. The van der Waals surface area contributed by atoms with Crippen LogP contribution < -0.4 is 0 Å². The van der Waals surface area contributed by atoms with Crippen molar-refractivity contribution in [2.24, 2.45) is 5.92 Å². The molecule has 0 aliphatic heterocycles. The molecular weight excluding hydrogens is 302 g/mol. The summed E-state index contributed by atoms with van der Waals surface area (Å²) in [5.41, 5.74) is 3.03. The first-order valence-electron chi connectivity index (χ1n) is 10.1. The molecule has 0 amide bonds. The van der Waals surface area contributed by atoms with Crippen LogP contribution in [0.3, 0.4) is 0 Å². The van der Waals surface area contributed by atoms with E-state index in [1.807, 2.05) is 18.2 Å². The number of rotatable bonds is 9. The lowest BCUT2D eigenvalue weighted by atomic mass is 9.78. The summed E-state index contributed by atoms with van der Waals surface area (Å²) in [7, 11) is 0. The molecule has 134 valence electrons. The van der Waals surface area contributed by atoms with Gasteiger partial charge >= 0.3 is 0 Å². The third kappa shape index (κ3) is 7.30. The van der Waals surface area contributed by atoms with E-state index in [2.05, 4.69) is 37.3 Å². The molecule has 0 N–H and O–H groups in total. The number of hydrogen-bond donors (Lipinski definition) is 0. The molecule has 1 fully saturated rings. The fourth-order valence-electron chi connectivity index (χ4n) is 3.85. The molecule has 1 heteroatoms. The molecular formula is C24H33N. The van der Waals surface area contributed by atoms with E-state index in [9.17, 15) is 0 Å². The standard InChI is InChI=1S/C24H33N/c1-2-3-4-5-7-10-21-12-16-23(17-13-21)24-18-14-22(15-19-24)11-8-6-9-20-25/h6,8-9,11-13,16-17,22,24H,2-5,7,10,14-15,18-19H2,1H3/b9-6+,11-8+/t22-,24-. The van der Waals surface area contributed by atoms with Gasteiger partial charge in [0.1, 0.15) is 0 Å². The van der Waals surface area contributed by atoms with E-state index < -0.39 is 0 Å². The Balaban J connectivity index is 1.73. The van der Waals surface area contributed by atoms with Crippen LogP contribution in [0.4, 0.5) is 0 Å². The monoisotopic (exact) mass is 335 g/mol. The highest BCUT2D eigenvalue weighted by Crippen LogP contribution is 2.36. The van der Waals surface area contributed by atoms with E-state index in [1.54, 1.807) is 0 Å². The second-order valence-electron chi connectivity index (χ2n) is 7.39. The van der Waals surface area contributed by atoms with E-state index >= 15 is 0 Å². The van der Waals surface area contributed by atoms with Gasteiger partial charge in [-0.2, -0.15) is 5.26 Å². The van der Waals surface area contributed by atoms with Gasteiger partial charge in [0.05, 0.1) is 6.07 Å². The molecule has 1 saturated carbocycles. The lowest BCUT2D eigenvalue weighted by Gasteiger charge is -2.27. The molecule has 0 atom stereocenters. The van der Waals surface area contributed by atoms with Crippen molar-refractivity contribution >= 4 is 0 Å². The van der Waals surface area contributed by atoms with Gasteiger partial charge in [-0.05, 0) is 61.5 Å². The van der Waals surface area contributed by atoms with Crippen LogP contribution >= 0.6 is 0 Å². The van der Waals surface area contributed by atoms with Crippen LogP contribution in [0.2, 0.25) is 0 Å². The van der Waals surface area contributed by atoms with Crippen molar-refractivity contribution in [3.8, 4) is 6.07 Å². The Bertz CT molecular complexity index is 565. The van der Waals surface area contributed by atoms with Crippen LogP contribution in [0.15, 0.2) is 48.6 Å². The summed E-state index contributed by atoms with van der Waals surface area (Å²) in [6.07, 6.45) is 20.8. The first kappa shape index (κ1) is 19.5. The maximum absolute atomic E-state index is 8.49. The lowest BCUT2D eigenvalue weighted by Crippen LogP contribution is -2.11. The summed E-state index contributed by atoms with van der Waals surface area (Å²) < 4.78 is 0. The fraction of sp³-hybridized carbons (Fsp3) is 0.542. The van der Waals surface area contributed by atoms with Crippen LogP contribution in [-0.4, -0.2) is 0 Å². The summed E-state index contributed by atoms with van der Waals surface area (Å²) in [5.74, 6) is 1.42. The predicted octanol–water partition coefficient (Wildman–Crippen LogP) is 7.11. The van der Waals surface area contributed by atoms with E-state index in [4.69, 9.17) is 5.26 Å². The summed E-state index contributed by atoms with van der Waals surface area (Å²) >= 11 is 0. The smallest absolute Gasteiger partial charge is 0.0912 e. The van der Waals surface area contributed by atoms with Crippen LogP contribution in [-0.2, 0) is 6.42 Å². The van der Waals surface area contributed by atoms with E-state index in [-0.39, 0.29) is 0 Å². The summed E-state index contributed by atoms with van der Waals surface area (Å²) in [4.78, 5) is 0. The lowest BCUT2D eigenvalue weighted by molar-refractivity contribution is 0.376. The van der Waals surface area contributed by atoms with E-state index in [1.165, 1.54) is 81.4 Å². The minimum absolute atomic E-state index is 0.682. The summed E-state index contributed by atoms with van der Waals surface area (Å²) in [6, 6.07) is 11.5. The van der Waals surface area contributed by atoms with Crippen molar-refractivity contribution in [3.05, 3.63) is 59.7 Å². The molecule has 0 unspecified atom stereocenters. The number of benzene rings is 1. The number of aryl methyl sites for hydroxylation is 1. The molecule has 2 rings (SSSR count). The van der Waals surface area contributed by atoms with Crippen molar-refractivity contribution in [1.82, 2.24) is 0 Å². The highest BCUT2D eigenvalue weighted by atomic mass is 14.3. The second kappa shape index (κ2) is 11.7. The van der Waals surface area contributed by atoms with Crippen LogP contribution in [0, 0.1) is 17.2 Å². The van der Waals surface area contributed by atoms with Crippen molar-refractivity contribution in [2.45, 2.75) is 77.0 Å². The average Bonchev–Trinajstić information content (AvgIpc) is 2.66. The highest BCUT2D eigenvalue weighted by Gasteiger charge is 2.20. The summed E-state index contributed by atoms with van der Waals surface area (Å²) in [6.45, 7) is 2.27. The van der Waals surface area contributed by atoms with Crippen LogP contribution in [0.25, 0.3) is 0 Å². The Morgan fingerprint density at radius 3 is 2.36 bits per heavy atom. The quantitative estimate of drug-likeness (QED) is 0.268. The van der Waals surface area contributed by atoms with Gasteiger partial charge in [0.15, 0.2) is 0 Å². The van der Waals surface area contributed by atoms with E-state index in [0.29, 0.717) is 5.92 Å². The number of unbranched alkanes of at least 4 members (excludes halogenated alkanes) is 4. The minimum atomic E-state index is 0.682. The van der Waals surface area contributed by atoms with Gasteiger partial charge < -0.3 is 0 Å². The zero-order valence-electron chi connectivity index (χ0n) is 15.8. The molecule has 1 aromatic carbocycles. The first-order valence-corrected chi connectivity index (χ1v) is 10.1. The topological polar surface area (TPSA) is 23.8 Å². The second-order valence-corrected chi connectivity index (χ2v) is 7.39. The van der Waals surface area contributed by atoms with E-state index in [0.717, 1.165) is 5.92 Å². The third-order valence-electron chi connectivity index (χ3n) is 5.46. The zero-order valence-corrected chi connectivity index (χ0v) is 15.8. The van der Waals surface area contributed by atoms with Crippen molar-refractivity contribution in [2.75, 3.05) is 0 Å². The fourth-order valence-corrected chi connectivity index (χ4v) is 3.85. The molecule has 0 heterocycles. The Labute approximate surface area is 154 Å². The van der Waals surface area contributed by atoms with Crippen molar-refractivity contribution in [3.63, 3.8) is 0 Å². The SMILES string of the molecule is CCCCCCCc1ccc([C@H]2CC[C@H](/C=C/C=C/C#N)CC2)cc1. The first-order chi connectivity index (χ1) is 12.3. The van der Waals surface area contributed by atoms with Gasteiger partial charge in [-0.15, -0.1) is 0 Å². The Hall–Kier alpha value is -1.81. The number of hydrogen-bond acceptors (Lipinski definition) is 1. The van der Waals surface area contributed by atoms with Gasteiger partial charge in [-0.1, -0.05) is 75.1 Å². The van der Waals surface area contributed by atoms with Crippen molar-refractivity contribution in [1.29, 1.82) is 5.26 Å². The number of nitriles is 1. The maximum Gasteiger partial charge on any atom is 0.0912 e. The van der Waals surface area contributed by atoms with Gasteiger partial charge in [0.25, 0.3) is 0 Å². The molecule has 1 aliphatic carbocycles. The molecule has 25 heavy (non-hydrogen) atoms. The average molecular weight is 336 g/mol. The molecule has 0 bridgehead atoms. The molecule has 0 radical (unpaired) electrons. The predicted molar refractivity (Wildman–Crippen MR) is 107 cm³/mol. The molecule has 0 saturated heterocycles. The third-order valence-corrected chi connectivity index (χ3v) is 5.46. The zero-order chi connectivity index (χ0) is 17.7. The van der Waals surface area contributed by atoms with Gasteiger partial charge in [0.2, 0.25) is 0 Å². The Morgan fingerprint density at radius 2 is 1.68 bits per heavy atom. The van der Waals surface area contributed by atoms with Gasteiger partial charge in [-0.3, -0.25) is 0 Å². The van der Waals surface area contributed by atoms with Crippen LogP contribution in [0.1, 0.15) is 81.8 Å². The molecule has 1 aliphatic rings. The normalized spacial score (nSPS) is 21.0. The van der Waals surface area contributed by atoms with Crippen molar-refractivity contribution < 1.29 is 0 Å². The minimum Gasteiger partial charge on any atom is -0.193 e. The highest BCUT2D eigenvalue weighted by molar-refractivity contribution is 5.26. The molecule has 0 aromatic heterocycles. The maximum atomic E-state index is 8.49. The van der Waals surface area contributed by atoms with Crippen LogP contribution in [0.5, 0.6) is 0 Å². The Kier molecular flexibility index (Phi) is 9.13. The number of allylic oxidation sites excluding steroid dienone is 4. The molecule has 0 spiro atoms. The number of nitrogens with zero attached hydrogens (tertiary/aromatic N) is 1. The largest absolute Gasteiger partial charge is 0.193 e. The molecule has 1 aromatic rings. The van der Waals surface area contributed by atoms with Gasteiger partial charge in [0, 0.05) is 6.08 Å². The summed E-state index contributed by atoms with van der Waals surface area (Å²) in [5, 5.41) is 8.49. The van der Waals surface area contributed by atoms with Gasteiger partial charge in [-0.25, -0.2) is 0 Å².